The zero-order valence-electron chi connectivity index (χ0n) is 10.6. The predicted octanol–water partition coefficient (Wildman–Crippen LogP) is 1.01. The van der Waals surface area contributed by atoms with Gasteiger partial charge in [-0.3, -0.25) is 0 Å². The summed E-state index contributed by atoms with van der Waals surface area (Å²) in [6, 6.07) is 5.31. The molecule has 0 aliphatic rings. The molecule has 1 aromatic rings. The number of benzene rings is 1. The first-order chi connectivity index (χ1) is 9.47. The molecule has 20 heavy (non-hydrogen) atoms. The molecule has 0 radical (unpaired) electrons. The van der Waals surface area contributed by atoms with Gasteiger partial charge in [-0.15, -0.1) is 0 Å². The number of carbonyl (C=O) groups is 2. The molecule has 0 aromatic heterocycles. The maximum Gasteiger partial charge on any atom is 0.340 e. The minimum absolute atomic E-state index is 0.145. The lowest BCUT2D eigenvalue weighted by Gasteiger charge is -2.09. The van der Waals surface area contributed by atoms with Crippen LogP contribution in [0.2, 0.25) is 0 Å². The predicted molar refractivity (Wildman–Crippen MR) is 69.7 cm³/mol. The highest BCUT2D eigenvalue weighted by atomic mass is 16.6. The standard InChI is InChI=1S/C14H14O6/c1-3-11(15)19-13(17)9-5-7-10(8-6-9)14(18)20-12(16)4-2/h3-8,11-12,15-16H,1-2H2. The van der Waals surface area contributed by atoms with Crippen LogP contribution in [0.4, 0.5) is 0 Å². The second-order valence-electron chi connectivity index (χ2n) is 3.64. The Balaban J connectivity index is 2.73. The van der Waals surface area contributed by atoms with Gasteiger partial charge in [-0.05, 0) is 36.4 Å². The normalized spacial score (nSPS) is 12.9. The molecule has 1 rings (SSSR count). The van der Waals surface area contributed by atoms with Crippen LogP contribution in [0, 0.1) is 0 Å². The van der Waals surface area contributed by atoms with Crippen molar-refractivity contribution in [3.05, 3.63) is 60.7 Å². The van der Waals surface area contributed by atoms with Crippen LogP contribution in [0.15, 0.2) is 49.6 Å². The highest BCUT2D eigenvalue weighted by Crippen LogP contribution is 2.09. The van der Waals surface area contributed by atoms with E-state index < -0.39 is 24.5 Å². The molecule has 0 amide bonds. The van der Waals surface area contributed by atoms with Crippen molar-refractivity contribution in [3.63, 3.8) is 0 Å². The lowest BCUT2D eigenvalue weighted by Crippen LogP contribution is -2.16. The quantitative estimate of drug-likeness (QED) is 0.458. The second-order valence-corrected chi connectivity index (χ2v) is 3.64. The summed E-state index contributed by atoms with van der Waals surface area (Å²) in [5.74, 6) is -1.52. The van der Waals surface area contributed by atoms with E-state index in [-0.39, 0.29) is 11.1 Å². The molecule has 0 bridgehead atoms. The molecule has 0 saturated heterocycles. The van der Waals surface area contributed by atoms with E-state index >= 15 is 0 Å². The lowest BCUT2D eigenvalue weighted by molar-refractivity contribution is -0.0365. The van der Waals surface area contributed by atoms with Gasteiger partial charge in [0.15, 0.2) is 0 Å². The van der Waals surface area contributed by atoms with Crippen molar-refractivity contribution in [1.29, 1.82) is 0 Å². The molecular weight excluding hydrogens is 264 g/mol. The van der Waals surface area contributed by atoms with Crippen molar-refractivity contribution in [2.24, 2.45) is 0 Å². The Labute approximate surface area is 115 Å². The van der Waals surface area contributed by atoms with E-state index in [9.17, 15) is 9.59 Å². The highest BCUT2D eigenvalue weighted by molar-refractivity contribution is 5.93. The van der Waals surface area contributed by atoms with Gasteiger partial charge in [0.1, 0.15) is 0 Å². The summed E-state index contributed by atoms with van der Waals surface area (Å²) < 4.78 is 9.19. The molecule has 6 nitrogen and oxygen atoms in total. The molecule has 2 N–H and O–H groups in total. The van der Waals surface area contributed by atoms with Crippen molar-refractivity contribution in [2.75, 3.05) is 0 Å². The van der Waals surface area contributed by atoms with Crippen LogP contribution in [0.5, 0.6) is 0 Å². The molecule has 1 aromatic carbocycles. The Morgan fingerprint density at radius 1 is 0.900 bits per heavy atom. The third-order valence-electron chi connectivity index (χ3n) is 2.22. The van der Waals surface area contributed by atoms with E-state index in [2.05, 4.69) is 22.6 Å². The number of rotatable bonds is 6. The SMILES string of the molecule is C=CC(O)OC(=O)c1ccc(C(=O)OC(O)C=C)cc1. The zero-order chi connectivity index (χ0) is 15.1. The smallest absolute Gasteiger partial charge is 0.340 e. The Morgan fingerprint density at radius 3 is 1.45 bits per heavy atom. The van der Waals surface area contributed by atoms with Crippen molar-refractivity contribution < 1.29 is 29.3 Å². The van der Waals surface area contributed by atoms with Gasteiger partial charge in [-0.25, -0.2) is 9.59 Å². The monoisotopic (exact) mass is 278 g/mol. The van der Waals surface area contributed by atoms with Crippen LogP contribution in [0.1, 0.15) is 20.7 Å². The molecule has 0 heterocycles. The molecular formula is C14H14O6. The van der Waals surface area contributed by atoms with Crippen LogP contribution < -0.4 is 0 Å². The number of hydrogen-bond acceptors (Lipinski definition) is 6. The largest absolute Gasteiger partial charge is 0.429 e. The maximum absolute atomic E-state index is 11.5. The number of carbonyl (C=O) groups excluding carboxylic acids is 2. The summed E-state index contributed by atoms with van der Waals surface area (Å²) in [5, 5.41) is 18.2. The fourth-order valence-corrected chi connectivity index (χ4v) is 1.19. The third kappa shape index (κ3) is 4.34. The summed E-state index contributed by atoms with van der Waals surface area (Å²) in [5.41, 5.74) is 0.290. The van der Waals surface area contributed by atoms with Crippen LogP contribution in [-0.2, 0) is 9.47 Å². The number of aliphatic hydroxyl groups is 2. The first-order valence-corrected chi connectivity index (χ1v) is 5.61. The van der Waals surface area contributed by atoms with Crippen LogP contribution in [0.25, 0.3) is 0 Å². The van der Waals surface area contributed by atoms with Gasteiger partial charge in [0.05, 0.1) is 11.1 Å². The zero-order valence-corrected chi connectivity index (χ0v) is 10.6. The van der Waals surface area contributed by atoms with Gasteiger partial charge in [0.2, 0.25) is 12.6 Å². The molecule has 0 spiro atoms. The van der Waals surface area contributed by atoms with Crippen molar-refractivity contribution in [3.8, 4) is 0 Å². The van der Waals surface area contributed by atoms with Gasteiger partial charge in [-0.1, -0.05) is 13.2 Å². The van der Waals surface area contributed by atoms with Crippen LogP contribution in [-0.4, -0.2) is 34.7 Å². The molecule has 0 aliphatic carbocycles. The van der Waals surface area contributed by atoms with E-state index in [0.717, 1.165) is 12.2 Å². The average Bonchev–Trinajstić information content (AvgIpc) is 2.46. The van der Waals surface area contributed by atoms with Crippen LogP contribution in [0.3, 0.4) is 0 Å². The Kier molecular flexibility index (Phi) is 5.64. The molecule has 106 valence electrons. The molecule has 0 fully saturated rings. The molecule has 0 aliphatic heterocycles. The van der Waals surface area contributed by atoms with Crippen LogP contribution >= 0.6 is 0 Å². The van der Waals surface area contributed by atoms with E-state index in [1.807, 2.05) is 0 Å². The minimum Gasteiger partial charge on any atom is -0.429 e. The fraction of sp³-hybridized carbons (Fsp3) is 0.143. The van der Waals surface area contributed by atoms with E-state index in [1.165, 1.54) is 24.3 Å². The topological polar surface area (TPSA) is 93.1 Å². The number of aliphatic hydroxyl groups excluding tert-OH is 2. The Bertz CT molecular complexity index is 458. The van der Waals surface area contributed by atoms with Crippen molar-refractivity contribution >= 4 is 11.9 Å². The minimum atomic E-state index is -1.39. The summed E-state index contributed by atoms with van der Waals surface area (Å²) in [7, 11) is 0. The number of ether oxygens (including phenoxy) is 2. The molecule has 0 saturated carbocycles. The van der Waals surface area contributed by atoms with E-state index in [4.69, 9.17) is 10.2 Å². The van der Waals surface area contributed by atoms with Crippen molar-refractivity contribution in [2.45, 2.75) is 12.6 Å². The van der Waals surface area contributed by atoms with Gasteiger partial charge in [-0.2, -0.15) is 0 Å². The Morgan fingerprint density at radius 2 is 1.20 bits per heavy atom. The van der Waals surface area contributed by atoms with E-state index in [0.29, 0.717) is 0 Å². The van der Waals surface area contributed by atoms with Gasteiger partial charge in [0.25, 0.3) is 0 Å². The Hall–Kier alpha value is -2.44. The average molecular weight is 278 g/mol. The van der Waals surface area contributed by atoms with E-state index in [1.54, 1.807) is 0 Å². The number of esters is 2. The molecule has 2 atom stereocenters. The van der Waals surface area contributed by atoms with Gasteiger partial charge >= 0.3 is 11.9 Å². The summed E-state index contributed by atoms with van der Waals surface area (Å²) >= 11 is 0. The first-order valence-electron chi connectivity index (χ1n) is 5.61. The maximum atomic E-state index is 11.5. The molecule has 2 unspecified atom stereocenters. The highest BCUT2D eigenvalue weighted by Gasteiger charge is 2.14. The fourth-order valence-electron chi connectivity index (χ4n) is 1.19. The lowest BCUT2D eigenvalue weighted by atomic mass is 10.1. The summed E-state index contributed by atoms with van der Waals surface area (Å²) in [4.78, 5) is 23.0. The first kappa shape index (κ1) is 15.6. The van der Waals surface area contributed by atoms with Crippen molar-refractivity contribution in [1.82, 2.24) is 0 Å². The summed E-state index contributed by atoms with van der Waals surface area (Å²) in [6.07, 6.45) is -0.676. The third-order valence-corrected chi connectivity index (χ3v) is 2.22. The number of hydrogen-bond donors (Lipinski definition) is 2. The second kappa shape index (κ2) is 7.22. The van der Waals surface area contributed by atoms with Gasteiger partial charge < -0.3 is 19.7 Å². The summed E-state index contributed by atoms with van der Waals surface area (Å²) in [6.45, 7) is 6.52. The van der Waals surface area contributed by atoms with Gasteiger partial charge in [0, 0.05) is 0 Å². The molecule has 6 heteroatoms.